The molecule has 196 valence electrons. The van der Waals surface area contributed by atoms with Gasteiger partial charge in [-0.15, -0.1) is 0 Å². The number of piperidine rings is 2. The molecule has 3 amide bonds. The van der Waals surface area contributed by atoms with Gasteiger partial charge in [-0.05, 0) is 99.3 Å². The van der Waals surface area contributed by atoms with Crippen molar-refractivity contribution in [1.82, 2.24) is 15.1 Å². The predicted octanol–water partition coefficient (Wildman–Crippen LogP) is 5.13. The van der Waals surface area contributed by atoms with Gasteiger partial charge < -0.3 is 20.4 Å². The number of benzene rings is 2. The molecule has 1 unspecified atom stereocenters. The molecule has 7 heteroatoms. The van der Waals surface area contributed by atoms with Crippen LogP contribution in [0.4, 0.5) is 10.5 Å². The second-order valence-corrected chi connectivity index (χ2v) is 10.6. The summed E-state index contributed by atoms with van der Waals surface area (Å²) in [5.41, 5.74) is 4.08. The van der Waals surface area contributed by atoms with E-state index in [2.05, 4.69) is 28.5 Å². The van der Waals surface area contributed by atoms with E-state index >= 15 is 0 Å². The number of amides is 3. The van der Waals surface area contributed by atoms with E-state index in [0.29, 0.717) is 42.4 Å². The monoisotopic (exact) mass is 501 g/mol. The maximum Gasteiger partial charge on any atom is 0.319 e. The van der Waals surface area contributed by atoms with Crippen LogP contribution >= 0.6 is 0 Å². The number of rotatable bonds is 7. The number of aryl methyl sites for hydroxylation is 1. The highest BCUT2D eigenvalue weighted by Gasteiger charge is 2.25. The molecule has 0 spiro atoms. The summed E-state index contributed by atoms with van der Waals surface area (Å²) in [4.78, 5) is 30.1. The fourth-order valence-electron chi connectivity index (χ4n) is 5.48. The first kappa shape index (κ1) is 26.7. The highest BCUT2D eigenvalue weighted by molar-refractivity contribution is 5.97. The van der Waals surface area contributed by atoms with Gasteiger partial charge in [-0.1, -0.05) is 25.1 Å². The lowest BCUT2D eigenvalue weighted by Crippen LogP contribution is -2.38. The molecule has 2 saturated heterocycles. The molecule has 0 aromatic heterocycles. The summed E-state index contributed by atoms with van der Waals surface area (Å²) in [5, 5.41) is 14.9. The summed E-state index contributed by atoms with van der Waals surface area (Å²) in [5.74, 6) is 1.16. The topological polar surface area (TPSA) is 88.5 Å². The van der Waals surface area contributed by atoms with Gasteiger partial charge in [0.1, 0.15) is 0 Å². The lowest BCUT2D eigenvalue weighted by atomic mass is 9.89. The third-order valence-corrected chi connectivity index (χ3v) is 7.70. The minimum atomic E-state index is -0.233. The van der Waals surface area contributed by atoms with E-state index in [0.717, 1.165) is 50.4 Å². The van der Waals surface area contributed by atoms with Crippen LogP contribution in [0, 0.1) is 24.2 Å². The second-order valence-electron chi connectivity index (χ2n) is 10.6. The Bertz CT molecular complexity index is 1120. The van der Waals surface area contributed by atoms with Crippen LogP contribution in [-0.2, 0) is 0 Å². The van der Waals surface area contributed by atoms with Gasteiger partial charge in [-0.25, -0.2) is 4.79 Å². The molecule has 2 aromatic carbocycles. The van der Waals surface area contributed by atoms with Crippen LogP contribution in [0.3, 0.4) is 0 Å². The molecule has 2 aromatic rings. The highest BCUT2D eigenvalue weighted by atomic mass is 16.2. The molecule has 2 fully saturated rings. The average Bonchev–Trinajstić information content (AvgIpc) is 2.92. The average molecular weight is 502 g/mol. The molecular weight excluding hydrogens is 462 g/mol. The standard InChI is InChI=1S/C30H39N5O2/c1-22-5-3-15-34(21-22)16-4-14-32-30(37)33-28-19-27(9-6-23(28)2)29(36)35-17-12-26(13-18-35)25-10-7-24(20-31)8-11-25/h6-11,19,22,26H,3-5,12-18,21H2,1-2H3,(H2,32,33,37). The Labute approximate surface area is 220 Å². The number of carbonyl (C=O) groups excluding carboxylic acids is 2. The zero-order valence-corrected chi connectivity index (χ0v) is 22.1. The van der Waals surface area contributed by atoms with E-state index in [1.165, 1.54) is 18.4 Å². The number of hydrogen-bond acceptors (Lipinski definition) is 4. The Morgan fingerprint density at radius 2 is 1.81 bits per heavy atom. The van der Waals surface area contributed by atoms with Crippen molar-refractivity contribution >= 4 is 17.6 Å². The highest BCUT2D eigenvalue weighted by Crippen LogP contribution is 2.29. The lowest BCUT2D eigenvalue weighted by Gasteiger charge is -2.32. The Morgan fingerprint density at radius 3 is 2.51 bits per heavy atom. The van der Waals surface area contributed by atoms with Crippen molar-refractivity contribution in [2.24, 2.45) is 5.92 Å². The fourth-order valence-corrected chi connectivity index (χ4v) is 5.48. The van der Waals surface area contributed by atoms with E-state index in [1.54, 1.807) is 6.07 Å². The van der Waals surface area contributed by atoms with Gasteiger partial charge in [0.25, 0.3) is 5.91 Å². The molecule has 0 saturated carbocycles. The van der Waals surface area contributed by atoms with Gasteiger partial charge in [-0.2, -0.15) is 5.26 Å². The largest absolute Gasteiger partial charge is 0.339 e. The number of nitrogens with one attached hydrogen (secondary N) is 2. The van der Waals surface area contributed by atoms with Crippen molar-refractivity contribution in [2.75, 3.05) is 44.6 Å². The molecule has 2 heterocycles. The third-order valence-electron chi connectivity index (χ3n) is 7.70. The summed E-state index contributed by atoms with van der Waals surface area (Å²) in [6.07, 6.45) is 5.30. The first-order chi connectivity index (χ1) is 17.9. The summed E-state index contributed by atoms with van der Waals surface area (Å²) in [6.45, 7) is 9.57. The van der Waals surface area contributed by atoms with E-state index < -0.39 is 0 Å². The number of hydrogen-bond donors (Lipinski definition) is 2. The maximum atomic E-state index is 13.2. The van der Waals surface area contributed by atoms with E-state index in [-0.39, 0.29) is 11.9 Å². The number of anilines is 1. The first-order valence-electron chi connectivity index (χ1n) is 13.6. The van der Waals surface area contributed by atoms with E-state index in [9.17, 15) is 9.59 Å². The van der Waals surface area contributed by atoms with Gasteiger partial charge in [-0.3, -0.25) is 4.79 Å². The smallest absolute Gasteiger partial charge is 0.319 e. The first-order valence-corrected chi connectivity index (χ1v) is 13.6. The number of likely N-dealkylation sites (tertiary alicyclic amines) is 2. The Hall–Kier alpha value is -3.37. The molecule has 0 bridgehead atoms. The van der Waals surface area contributed by atoms with Crippen molar-refractivity contribution in [2.45, 2.75) is 51.9 Å². The second kappa shape index (κ2) is 12.7. The number of nitrogens with zero attached hydrogens (tertiary/aromatic N) is 3. The molecule has 2 aliphatic heterocycles. The van der Waals surface area contributed by atoms with Crippen LogP contribution in [0.1, 0.15) is 72.0 Å². The molecule has 2 N–H and O–H groups in total. The summed E-state index contributed by atoms with van der Waals surface area (Å²) in [6, 6.07) is 15.2. The van der Waals surface area contributed by atoms with Crippen molar-refractivity contribution in [3.63, 3.8) is 0 Å². The van der Waals surface area contributed by atoms with Crippen molar-refractivity contribution < 1.29 is 9.59 Å². The Balaban J connectivity index is 1.25. The van der Waals surface area contributed by atoms with Gasteiger partial charge in [0.2, 0.25) is 0 Å². The van der Waals surface area contributed by atoms with Gasteiger partial charge in [0, 0.05) is 37.4 Å². The molecule has 4 rings (SSSR count). The third kappa shape index (κ3) is 7.33. The van der Waals surface area contributed by atoms with Crippen LogP contribution < -0.4 is 10.6 Å². The number of nitriles is 1. The molecule has 0 aliphatic carbocycles. The molecule has 2 aliphatic rings. The maximum absolute atomic E-state index is 13.2. The van der Waals surface area contributed by atoms with Crippen LogP contribution in [0.5, 0.6) is 0 Å². The van der Waals surface area contributed by atoms with Crippen LogP contribution in [0.25, 0.3) is 0 Å². The van der Waals surface area contributed by atoms with Crippen molar-refractivity contribution in [3.05, 3.63) is 64.7 Å². The zero-order chi connectivity index (χ0) is 26.2. The van der Waals surface area contributed by atoms with E-state index in [4.69, 9.17) is 5.26 Å². The summed E-state index contributed by atoms with van der Waals surface area (Å²) in [7, 11) is 0. The van der Waals surface area contributed by atoms with Crippen LogP contribution in [0.2, 0.25) is 0 Å². The fraction of sp³-hybridized carbons (Fsp3) is 0.500. The quantitative estimate of drug-likeness (QED) is 0.515. The van der Waals surface area contributed by atoms with Gasteiger partial charge in [0.05, 0.1) is 11.6 Å². The molecule has 0 radical (unpaired) electrons. The van der Waals surface area contributed by atoms with Crippen LogP contribution in [-0.4, -0.2) is 61.0 Å². The summed E-state index contributed by atoms with van der Waals surface area (Å²) < 4.78 is 0. The Kier molecular flexibility index (Phi) is 9.19. The SMILES string of the molecule is Cc1ccc(C(=O)N2CCC(c3ccc(C#N)cc3)CC2)cc1NC(=O)NCCCN1CCCC(C)C1. The minimum absolute atomic E-state index is 0.00232. The van der Waals surface area contributed by atoms with Gasteiger partial charge >= 0.3 is 6.03 Å². The van der Waals surface area contributed by atoms with Crippen molar-refractivity contribution in [3.8, 4) is 6.07 Å². The van der Waals surface area contributed by atoms with E-state index in [1.807, 2.05) is 48.2 Å². The molecular formula is C30H39N5O2. The predicted molar refractivity (Wildman–Crippen MR) is 147 cm³/mol. The zero-order valence-electron chi connectivity index (χ0n) is 22.1. The molecule has 37 heavy (non-hydrogen) atoms. The number of urea groups is 1. The minimum Gasteiger partial charge on any atom is -0.339 e. The van der Waals surface area contributed by atoms with Gasteiger partial charge in [0.15, 0.2) is 0 Å². The molecule has 7 nitrogen and oxygen atoms in total. The molecule has 1 atom stereocenters. The Morgan fingerprint density at radius 1 is 1.05 bits per heavy atom. The number of carbonyl (C=O) groups is 2. The summed E-state index contributed by atoms with van der Waals surface area (Å²) >= 11 is 0. The van der Waals surface area contributed by atoms with Crippen molar-refractivity contribution in [1.29, 1.82) is 5.26 Å². The normalized spacial score (nSPS) is 18.7. The lowest BCUT2D eigenvalue weighted by molar-refractivity contribution is 0.0713. The van der Waals surface area contributed by atoms with Crippen LogP contribution in [0.15, 0.2) is 42.5 Å².